The number of carbonyl (C=O) groups is 2. The van der Waals surface area contributed by atoms with Crippen LogP contribution >= 0.6 is 0 Å². The van der Waals surface area contributed by atoms with Crippen molar-refractivity contribution in [1.29, 1.82) is 0 Å². The van der Waals surface area contributed by atoms with Gasteiger partial charge in [0.25, 0.3) is 0 Å². The number of aromatic amines is 1. The van der Waals surface area contributed by atoms with Crippen molar-refractivity contribution in [1.82, 2.24) is 15.3 Å². The Labute approximate surface area is 195 Å². The zero-order valence-electron chi connectivity index (χ0n) is 20.0. The summed E-state index contributed by atoms with van der Waals surface area (Å²) in [7, 11) is 0. The van der Waals surface area contributed by atoms with E-state index in [0.717, 1.165) is 35.9 Å². The first-order chi connectivity index (χ1) is 15.6. The molecule has 3 rings (SSSR count). The molecule has 3 N–H and O–H groups in total. The first-order valence-electron chi connectivity index (χ1n) is 11.7. The molecule has 0 saturated carbocycles. The first-order valence-corrected chi connectivity index (χ1v) is 11.7. The number of aromatic nitrogens is 2. The Morgan fingerprint density at radius 3 is 2.73 bits per heavy atom. The van der Waals surface area contributed by atoms with E-state index in [1.165, 1.54) is 5.57 Å². The Morgan fingerprint density at radius 2 is 2.06 bits per heavy atom. The second-order valence-electron chi connectivity index (χ2n) is 9.78. The van der Waals surface area contributed by atoms with Crippen LogP contribution in [-0.2, 0) is 9.53 Å². The van der Waals surface area contributed by atoms with Crippen LogP contribution in [-0.4, -0.2) is 32.7 Å². The van der Waals surface area contributed by atoms with Crippen molar-refractivity contribution >= 4 is 28.7 Å². The molecule has 0 radical (unpaired) electrons. The Hall–Kier alpha value is -3.09. The van der Waals surface area contributed by atoms with Gasteiger partial charge in [0, 0.05) is 6.42 Å². The predicted molar refractivity (Wildman–Crippen MR) is 130 cm³/mol. The summed E-state index contributed by atoms with van der Waals surface area (Å²) >= 11 is 0. The van der Waals surface area contributed by atoms with E-state index in [1.54, 1.807) is 0 Å². The number of carbonyl (C=O) groups excluding carboxylic acids is 1. The van der Waals surface area contributed by atoms with Crippen LogP contribution in [0.2, 0.25) is 0 Å². The van der Waals surface area contributed by atoms with Gasteiger partial charge in [-0.2, -0.15) is 0 Å². The lowest BCUT2D eigenvalue weighted by atomic mass is 9.94. The molecule has 0 fully saturated rings. The zero-order chi connectivity index (χ0) is 24.0. The quantitative estimate of drug-likeness (QED) is 0.395. The number of hydrogen-bond donors (Lipinski definition) is 3. The summed E-state index contributed by atoms with van der Waals surface area (Å²) in [6.45, 7) is 7.68. The molecule has 0 spiro atoms. The Kier molecular flexibility index (Phi) is 7.95. The van der Waals surface area contributed by atoms with Crippen LogP contribution < -0.4 is 5.32 Å². The summed E-state index contributed by atoms with van der Waals surface area (Å²) < 4.78 is 5.45. The number of aliphatic carboxylic acids is 1. The SMILES string of the molecule is CC1C=CC(c2ccc3nc([C@H](CCCCCC(=O)O)NC(=O)OC(C)(C)C)[nH]c3c2)=CC1. The van der Waals surface area contributed by atoms with Crippen molar-refractivity contribution in [3.63, 3.8) is 0 Å². The number of ether oxygens (including phenoxy) is 1. The van der Waals surface area contributed by atoms with Gasteiger partial charge in [-0.25, -0.2) is 9.78 Å². The maximum atomic E-state index is 12.5. The summed E-state index contributed by atoms with van der Waals surface area (Å²) in [5.41, 5.74) is 3.48. The first kappa shape index (κ1) is 24.6. The van der Waals surface area contributed by atoms with E-state index in [-0.39, 0.29) is 12.5 Å². The fourth-order valence-corrected chi connectivity index (χ4v) is 3.84. The maximum absolute atomic E-state index is 12.5. The van der Waals surface area contributed by atoms with Crippen LogP contribution in [0.1, 0.15) is 83.6 Å². The summed E-state index contributed by atoms with van der Waals surface area (Å²) in [5.74, 6) is 0.448. The van der Waals surface area contributed by atoms with Gasteiger partial charge in [-0.05, 0) is 69.2 Å². The molecule has 1 heterocycles. The molecule has 7 nitrogen and oxygen atoms in total. The van der Waals surface area contributed by atoms with Crippen LogP contribution in [0.15, 0.2) is 36.4 Å². The smallest absolute Gasteiger partial charge is 0.408 e. The number of alkyl carbamates (subject to hydrolysis) is 1. The van der Waals surface area contributed by atoms with E-state index in [9.17, 15) is 9.59 Å². The molecule has 0 bridgehead atoms. The topological polar surface area (TPSA) is 104 Å². The highest BCUT2D eigenvalue weighted by atomic mass is 16.6. The molecule has 1 aromatic heterocycles. The van der Waals surface area contributed by atoms with Crippen molar-refractivity contribution in [3.8, 4) is 0 Å². The van der Waals surface area contributed by atoms with Gasteiger partial charge in [-0.3, -0.25) is 4.79 Å². The van der Waals surface area contributed by atoms with Gasteiger partial charge in [0.1, 0.15) is 11.4 Å². The fraction of sp³-hybridized carbons (Fsp3) is 0.500. The van der Waals surface area contributed by atoms with Crippen LogP contribution in [0.3, 0.4) is 0 Å². The number of allylic oxidation sites excluding steroid dienone is 4. The molecule has 2 atom stereocenters. The number of nitrogens with one attached hydrogen (secondary N) is 2. The summed E-state index contributed by atoms with van der Waals surface area (Å²) in [6, 6.07) is 5.81. The van der Waals surface area contributed by atoms with Crippen LogP contribution in [0.25, 0.3) is 16.6 Å². The molecule has 7 heteroatoms. The minimum absolute atomic E-state index is 0.153. The normalized spacial score (nSPS) is 17.0. The van der Waals surface area contributed by atoms with Gasteiger partial charge in [0.05, 0.1) is 17.1 Å². The number of benzene rings is 1. The van der Waals surface area contributed by atoms with E-state index in [0.29, 0.717) is 24.6 Å². The van der Waals surface area contributed by atoms with E-state index in [1.807, 2.05) is 26.8 Å². The largest absolute Gasteiger partial charge is 0.481 e. The average molecular weight is 454 g/mol. The number of amides is 1. The Morgan fingerprint density at radius 1 is 1.27 bits per heavy atom. The lowest BCUT2D eigenvalue weighted by molar-refractivity contribution is -0.137. The van der Waals surface area contributed by atoms with E-state index in [4.69, 9.17) is 14.8 Å². The highest BCUT2D eigenvalue weighted by molar-refractivity contribution is 5.84. The Bertz CT molecular complexity index is 1050. The molecule has 178 valence electrons. The summed E-state index contributed by atoms with van der Waals surface area (Å²) in [4.78, 5) is 31.3. The van der Waals surface area contributed by atoms with E-state index >= 15 is 0 Å². The standard InChI is InChI=1S/C26H35N3O4/c1-17-10-12-18(13-11-17)19-14-15-20-22(16-19)28-24(27-20)21(8-6-5-7-9-23(30)31)29-25(32)33-26(2,3)4/h10,12-17,21H,5-9,11H2,1-4H3,(H,27,28)(H,29,32)(H,30,31)/t17?,21-/m0/s1. The third-order valence-electron chi connectivity index (χ3n) is 5.55. The molecule has 33 heavy (non-hydrogen) atoms. The zero-order valence-corrected chi connectivity index (χ0v) is 20.0. The Balaban J connectivity index is 1.77. The molecular formula is C26H35N3O4. The monoisotopic (exact) mass is 453 g/mol. The van der Waals surface area contributed by atoms with Crippen molar-refractivity contribution in [2.24, 2.45) is 5.92 Å². The average Bonchev–Trinajstić information content (AvgIpc) is 3.15. The number of rotatable bonds is 9. The molecule has 1 unspecified atom stereocenters. The summed E-state index contributed by atoms with van der Waals surface area (Å²) in [6.07, 6.45) is 10.1. The number of hydrogen-bond acceptors (Lipinski definition) is 4. The predicted octanol–water partition coefficient (Wildman–Crippen LogP) is 6.14. The van der Waals surface area contributed by atoms with Gasteiger partial charge in [0.15, 0.2) is 0 Å². The minimum atomic E-state index is -0.788. The number of unbranched alkanes of at least 4 members (excludes halogenated alkanes) is 2. The molecular weight excluding hydrogens is 418 g/mol. The van der Waals surface area contributed by atoms with Gasteiger partial charge >= 0.3 is 12.1 Å². The molecule has 1 aromatic carbocycles. The van der Waals surface area contributed by atoms with Gasteiger partial charge in [-0.15, -0.1) is 0 Å². The van der Waals surface area contributed by atoms with E-state index in [2.05, 4.69) is 47.6 Å². The number of nitrogens with zero attached hydrogens (tertiary/aromatic N) is 1. The van der Waals surface area contributed by atoms with E-state index < -0.39 is 17.7 Å². The molecule has 0 saturated heterocycles. The van der Waals surface area contributed by atoms with Gasteiger partial charge < -0.3 is 20.1 Å². The molecule has 0 aliphatic heterocycles. The molecule has 2 aromatic rings. The van der Waals surface area contributed by atoms with Gasteiger partial charge in [0.2, 0.25) is 0 Å². The van der Waals surface area contributed by atoms with Crippen molar-refractivity contribution < 1.29 is 19.4 Å². The third kappa shape index (κ3) is 7.48. The number of carboxylic acid groups (broad SMARTS) is 1. The second-order valence-corrected chi connectivity index (χ2v) is 9.78. The van der Waals surface area contributed by atoms with Crippen LogP contribution in [0.4, 0.5) is 4.79 Å². The third-order valence-corrected chi connectivity index (χ3v) is 5.55. The highest BCUT2D eigenvalue weighted by Gasteiger charge is 2.23. The number of fused-ring (bicyclic) bond motifs is 1. The maximum Gasteiger partial charge on any atom is 0.408 e. The minimum Gasteiger partial charge on any atom is -0.481 e. The lowest BCUT2D eigenvalue weighted by Crippen LogP contribution is -2.35. The van der Waals surface area contributed by atoms with Crippen LogP contribution in [0.5, 0.6) is 0 Å². The molecule has 1 aliphatic rings. The lowest BCUT2D eigenvalue weighted by Gasteiger charge is -2.23. The van der Waals surface area contributed by atoms with Crippen molar-refractivity contribution in [2.75, 3.05) is 0 Å². The summed E-state index contributed by atoms with van der Waals surface area (Å²) in [5, 5.41) is 11.8. The van der Waals surface area contributed by atoms with Crippen molar-refractivity contribution in [3.05, 3.63) is 47.8 Å². The second kappa shape index (κ2) is 10.7. The molecule has 1 aliphatic carbocycles. The number of imidazole rings is 1. The van der Waals surface area contributed by atoms with Gasteiger partial charge in [-0.1, -0.05) is 44.1 Å². The number of H-pyrrole nitrogens is 1. The van der Waals surface area contributed by atoms with Crippen molar-refractivity contribution in [2.45, 2.75) is 77.9 Å². The van der Waals surface area contributed by atoms with Crippen LogP contribution in [0, 0.1) is 5.92 Å². The number of carboxylic acids is 1. The molecule has 1 amide bonds. The highest BCUT2D eigenvalue weighted by Crippen LogP contribution is 2.28. The fourth-order valence-electron chi connectivity index (χ4n) is 3.84.